The lowest BCUT2D eigenvalue weighted by Gasteiger charge is -2.16. The molecule has 0 aliphatic rings. The molecule has 1 N–H and O–H groups in total. The smallest absolute Gasteiger partial charge is 0.0615 e. The molecule has 2 nitrogen and oxygen atoms in total. The number of hydrogen-bond acceptors (Lipinski definition) is 2. The zero-order valence-corrected chi connectivity index (χ0v) is 11.5. The first-order valence-corrected chi connectivity index (χ1v) is 6.48. The summed E-state index contributed by atoms with van der Waals surface area (Å²) in [6.45, 7) is 8.32. The Hall–Kier alpha value is -0.860. The summed E-state index contributed by atoms with van der Waals surface area (Å²) in [4.78, 5) is 0. The number of rotatable bonds is 7. The van der Waals surface area contributed by atoms with Crippen molar-refractivity contribution in [2.45, 2.75) is 45.7 Å². The lowest BCUT2D eigenvalue weighted by Crippen LogP contribution is -2.31. The zero-order valence-electron chi connectivity index (χ0n) is 11.5. The minimum absolute atomic E-state index is 0.449. The first-order valence-electron chi connectivity index (χ1n) is 6.48. The second kappa shape index (κ2) is 7.46. The van der Waals surface area contributed by atoms with Crippen molar-refractivity contribution in [2.75, 3.05) is 13.7 Å². The van der Waals surface area contributed by atoms with Gasteiger partial charge in [-0.15, -0.1) is 0 Å². The van der Waals surface area contributed by atoms with Gasteiger partial charge in [-0.1, -0.05) is 45.0 Å². The topological polar surface area (TPSA) is 21.3 Å². The quantitative estimate of drug-likeness (QED) is 0.782. The Labute approximate surface area is 105 Å². The summed E-state index contributed by atoms with van der Waals surface area (Å²) in [6.07, 6.45) is 1.10. The molecular weight excluding hydrogens is 210 g/mol. The fraction of sp³-hybridized carbons (Fsp3) is 0.600. The molecule has 0 saturated carbocycles. The van der Waals surface area contributed by atoms with Crippen LogP contribution in [0.15, 0.2) is 24.3 Å². The third-order valence-corrected chi connectivity index (χ3v) is 3.10. The Morgan fingerprint density at radius 1 is 1.18 bits per heavy atom. The van der Waals surface area contributed by atoms with E-state index in [4.69, 9.17) is 4.74 Å². The maximum Gasteiger partial charge on any atom is 0.0615 e. The van der Waals surface area contributed by atoms with Crippen molar-refractivity contribution in [3.63, 3.8) is 0 Å². The Morgan fingerprint density at radius 3 is 2.29 bits per heavy atom. The molecule has 0 saturated heterocycles. The monoisotopic (exact) mass is 235 g/mol. The molecule has 0 aromatic heterocycles. The molecule has 1 aromatic carbocycles. The van der Waals surface area contributed by atoms with Crippen LogP contribution in [0.4, 0.5) is 0 Å². The van der Waals surface area contributed by atoms with E-state index >= 15 is 0 Å². The van der Waals surface area contributed by atoms with Crippen LogP contribution in [0.1, 0.15) is 44.2 Å². The van der Waals surface area contributed by atoms with Gasteiger partial charge in [-0.25, -0.2) is 0 Å². The number of benzene rings is 1. The van der Waals surface area contributed by atoms with Gasteiger partial charge in [0.15, 0.2) is 0 Å². The summed E-state index contributed by atoms with van der Waals surface area (Å²) in [5.74, 6) is 0.605. The average Bonchev–Trinajstić information content (AvgIpc) is 2.35. The van der Waals surface area contributed by atoms with Crippen LogP contribution in [-0.2, 0) is 11.3 Å². The van der Waals surface area contributed by atoms with Crippen molar-refractivity contribution in [3.05, 3.63) is 35.4 Å². The Balaban J connectivity index is 2.46. The van der Waals surface area contributed by atoms with E-state index < -0.39 is 0 Å². The van der Waals surface area contributed by atoms with Gasteiger partial charge in [-0.05, 0) is 23.5 Å². The van der Waals surface area contributed by atoms with Crippen molar-refractivity contribution >= 4 is 0 Å². The van der Waals surface area contributed by atoms with Gasteiger partial charge in [-0.2, -0.15) is 0 Å². The molecule has 1 aromatic rings. The molecule has 1 unspecified atom stereocenters. The summed E-state index contributed by atoms with van der Waals surface area (Å²) in [5.41, 5.74) is 2.74. The highest BCUT2D eigenvalue weighted by atomic mass is 16.5. The number of ether oxygens (including phenoxy) is 1. The first-order chi connectivity index (χ1) is 8.17. The first kappa shape index (κ1) is 14.2. The Bertz CT molecular complexity index is 305. The summed E-state index contributed by atoms with van der Waals surface area (Å²) in [7, 11) is 1.75. The van der Waals surface area contributed by atoms with Crippen molar-refractivity contribution in [3.8, 4) is 0 Å². The van der Waals surface area contributed by atoms with Crippen molar-refractivity contribution < 1.29 is 4.74 Å². The van der Waals surface area contributed by atoms with E-state index in [1.807, 2.05) is 0 Å². The van der Waals surface area contributed by atoms with E-state index in [1.165, 1.54) is 11.1 Å². The molecule has 1 rings (SSSR count). The molecule has 0 fully saturated rings. The number of nitrogens with one attached hydrogen (secondary N) is 1. The van der Waals surface area contributed by atoms with Crippen LogP contribution in [-0.4, -0.2) is 19.8 Å². The van der Waals surface area contributed by atoms with Crippen LogP contribution in [0.25, 0.3) is 0 Å². The molecule has 96 valence electrons. The summed E-state index contributed by atoms with van der Waals surface area (Å²) >= 11 is 0. The Kier molecular flexibility index (Phi) is 6.23. The molecule has 17 heavy (non-hydrogen) atoms. The van der Waals surface area contributed by atoms with Crippen molar-refractivity contribution in [1.29, 1.82) is 0 Å². The molecule has 0 bridgehead atoms. The van der Waals surface area contributed by atoms with Gasteiger partial charge in [0.05, 0.1) is 6.61 Å². The lowest BCUT2D eigenvalue weighted by molar-refractivity contribution is 0.164. The van der Waals surface area contributed by atoms with Gasteiger partial charge in [0, 0.05) is 19.7 Å². The van der Waals surface area contributed by atoms with Crippen molar-refractivity contribution in [1.82, 2.24) is 5.32 Å². The highest BCUT2D eigenvalue weighted by Gasteiger charge is 2.05. The number of hydrogen-bond donors (Lipinski definition) is 1. The van der Waals surface area contributed by atoms with Crippen LogP contribution >= 0.6 is 0 Å². The summed E-state index contributed by atoms with van der Waals surface area (Å²) < 4.78 is 5.17. The van der Waals surface area contributed by atoms with Gasteiger partial charge in [0.1, 0.15) is 0 Å². The summed E-state index contributed by atoms with van der Waals surface area (Å²) in [6, 6.07) is 9.31. The molecule has 0 aliphatic heterocycles. The van der Waals surface area contributed by atoms with E-state index in [2.05, 4.69) is 50.4 Å². The molecule has 0 spiro atoms. The Morgan fingerprint density at radius 2 is 1.82 bits per heavy atom. The number of methoxy groups -OCH3 is 1. The fourth-order valence-electron chi connectivity index (χ4n) is 1.80. The SMILES string of the molecule is CCC(COC)NCc1ccc(C(C)C)cc1. The van der Waals surface area contributed by atoms with E-state index in [0.717, 1.165) is 19.6 Å². The maximum absolute atomic E-state index is 5.17. The minimum atomic E-state index is 0.449. The zero-order chi connectivity index (χ0) is 12.7. The molecular formula is C15H25NO. The molecule has 0 aliphatic carbocycles. The van der Waals surface area contributed by atoms with Gasteiger partial charge in [-0.3, -0.25) is 0 Å². The third kappa shape index (κ3) is 4.88. The fourth-order valence-corrected chi connectivity index (χ4v) is 1.80. The van der Waals surface area contributed by atoms with Gasteiger partial charge in [0.25, 0.3) is 0 Å². The normalized spacial score (nSPS) is 13.0. The third-order valence-electron chi connectivity index (χ3n) is 3.10. The predicted octanol–water partition coefficient (Wildman–Crippen LogP) is 3.32. The molecule has 0 amide bonds. The lowest BCUT2D eigenvalue weighted by atomic mass is 10.0. The van der Waals surface area contributed by atoms with Crippen LogP contribution in [0.2, 0.25) is 0 Å². The molecule has 0 radical (unpaired) electrons. The van der Waals surface area contributed by atoms with Crippen LogP contribution in [0.5, 0.6) is 0 Å². The van der Waals surface area contributed by atoms with E-state index in [0.29, 0.717) is 12.0 Å². The molecule has 2 heteroatoms. The highest BCUT2D eigenvalue weighted by molar-refractivity contribution is 5.24. The summed E-state index contributed by atoms with van der Waals surface area (Å²) in [5, 5.41) is 3.51. The second-order valence-electron chi connectivity index (χ2n) is 4.84. The largest absolute Gasteiger partial charge is 0.383 e. The van der Waals surface area contributed by atoms with Gasteiger partial charge >= 0.3 is 0 Å². The predicted molar refractivity (Wildman–Crippen MR) is 73.3 cm³/mol. The average molecular weight is 235 g/mol. The van der Waals surface area contributed by atoms with Gasteiger partial charge in [0.2, 0.25) is 0 Å². The van der Waals surface area contributed by atoms with Gasteiger partial charge < -0.3 is 10.1 Å². The highest BCUT2D eigenvalue weighted by Crippen LogP contribution is 2.14. The standard InChI is InChI=1S/C15H25NO/c1-5-15(11-17-4)16-10-13-6-8-14(9-7-13)12(2)3/h6-9,12,15-16H,5,10-11H2,1-4H3. The van der Waals surface area contributed by atoms with E-state index in [9.17, 15) is 0 Å². The van der Waals surface area contributed by atoms with Crippen LogP contribution in [0.3, 0.4) is 0 Å². The molecule has 0 heterocycles. The van der Waals surface area contributed by atoms with Crippen LogP contribution in [0, 0.1) is 0 Å². The van der Waals surface area contributed by atoms with E-state index in [1.54, 1.807) is 7.11 Å². The maximum atomic E-state index is 5.17. The van der Waals surface area contributed by atoms with E-state index in [-0.39, 0.29) is 0 Å². The second-order valence-corrected chi connectivity index (χ2v) is 4.84. The van der Waals surface area contributed by atoms with Crippen LogP contribution < -0.4 is 5.32 Å². The minimum Gasteiger partial charge on any atom is -0.383 e. The van der Waals surface area contributed by atoms with Crippen molar-refractivity contribution in [2.24, 2.45) is 0 Å². The molecule has 1 atom stereocenters.